The molecule has 0 radical (unpaired) electrons. The second-order valence-electron chi connectivity index (χ2n) is 3.87. The van der Waals surface area contributed by atoms with Crippen LogP contribution in [0.5, 0.6) is 0 Å². The fraction of sp³-hybridized carbons (Fsp3) is 0.154. The van der Waals surface area contributed by atoms with Crippen LogP contribution in [0.25, 0.3) is 11.0 Å². The summed E-state index contributed by atoms with van der Waals surface area (Å²) < 4.78 is 6.16. The normalized spacial score (nSPS) is 10.9. The molecule has 3 rings (SSSR count). The lowest BCUT2D eigenvalue weighted by atomic mass is 10.3. The van der Waals surface area contributed by atoms with E-state index >= 15 is 0 Å². The van der Waals surface area contributed by atoms with E-state index < -0.39 is 0 Å². The molecular weight excluding hydrogens is 268 g/mol. The van der Waals surface area contributed by atoms with Crippen molar-refractivity contribution in [3.63, 3.8) is 0 Å². The fourth-order valence-corrected chi connectivity index (χ4v) is 2.91. The molecule has 3 aromatic rings. The monoisotopic (exact) mass is 278 g/mol. The lowest BCUT2D eigenvalue weighted by Crippen LogP contribution is -2.05. The van der Waals surface area contributed by atoms with Crippen LogP contribution in [0.2, 0.25) is 4.34 Å². The van der Waals surface area contributed by atoms with Crippen molar-refractivity contribution in [1.29, 1.82) is 0 Å². The summed E-state index contributed by atoms with van der Waals surface area (Å²) in [5.41, 5.74) is 0.853. The minimum atomic E-state index is 0.828. The van der Waals surface area contributed by atoms with E-state index in [-0.39, 0.29) is 0 Å². The number of rotatable bonds is 4. The molecule has 0 aliphatic heterocycles. The summed E-state index contributed by atoms with van der Waals surface area (Å²) in [6, 6.07) is 7.77. The minimum Gasteiger partial charge on any atom is -0.464 e. The highest BCUT2D eigenvalue weighted by molar-refractivity contribution is 7.16. The average molecular weight is 279 g/mol. The van der Waals surface area contributed by atoms with Gasteiger partial charge in [-0.25, -0.2) is 4.98 Å². The smallest absolute Gasteiger partial charge is 0.139 e. The Morgan fingerprint density at radius 2 is 2.22 bits per heavy atom. The number of anilines is 1. The Morgan fingerprint density at radius 1 is 1.28 bits per heavy atom. The van der Waals surface area contributed by atoms with E-state index in [0.717, 1.165) is 34.1 Å². The van der Waals surface area contributed by atoms with Crippen molar-refractivity contribution in [3.8, 4) is 0 Å². The van der Waals surface area contributed by atoms with Crippen LogP contribution in [-0.4, -0.2) is 11.5 Å². The number of pyridine rings is 1. The Kier molecular flexibility index (Phi) is 3.21. The maximum absolute atomic E-state index is 5.89. The molecule has 0 spiro atoms. The predicted octanol–water partition coefficient (Wildman–Crippen LogP) is 4.20. The van der Waals surface area contributed by atoms with E-state index in [1.165, 1.54) is 4.88 Å². The molecule has 0 saturated carbocycles. The molecule has 0 aliphatic rings. The quantitative estimate of drug-likeness (QED) is 0.777. The molecule has 5 heteroatoms. The molecule has 0 saturated heterocycles. The molecule has 0 aromatic carbocycles. The number of nitrogens with one attached hydrogen (secondary N) is 1. The first kappa shape index (κ1) is 11.6. The van der Waals surface area contributed by atoms with Crippen LogP contribution in [-0.2, 0) is 6.42 Å². The summed E-state index contributed by atoms with van der Waals surface area (Å²) in [4.78, 5) is 5.59. The van der Waals surface area contributed by atoms with Gasteiger partial charge in [-0.15, -0.1) is 11.3 Å². The van der Waals surface area contributed by atoms with Crippen molar-refractivity contribution in [2.24, 2.45) is 0 Å². The largest absolute Gasteiger partial charge is 0.464 e. The first-order chi connectivity index (χ1) is 8.83. The Labute approximate surface area is 113 Å². The second-order valence-corrected chi connectivity index (χ2v) is 5.67. The molecule has 3 nitrogen and oxygen atoms in total. The molecule has 0 amide bonds. The van der Waals surface area contributed by atoms with Crippen LogP contribution < -0.4 is 5.32 Å². The van der Waals surface area contributed by atoms with Gasteiger partial charge in [-0.2, -0.15) is 0 Å². The van der Waals surface area contributed by atoms with Crippen molar-refractivity contribution >= 4 is 39.7 Å². The summed E-state index contributed by atoms with van der Waals surface area (Å²) in [6.45, 7) is 0.828. The third-order valence-corrected chi connectivity index (χ3v) is 3.96. The molecule has 0 aliphatic carbocycles. The van der Waals surface area contributed by atoms with Gasteiger partial charge in [-0.05, 0) is 30.7 Å². The topological polar surface area (TPSA) is 38.1 Å². The van der Waals surface area contributed by atoms with Gasteiger partial charge in [0.2, 0.25) is 0 Å². The first-order valence-corrected chi connectivity index (χ1v) is 6.83. The van der Waals surface area contributed by atoms with Crippen LogP contribution in [0.3, 0.4) is 0 Å². The van der Waals surface area contributed by atoms with Gasteiger partial charge < -0.3 is 9.73 Å². The molecule has 3 aromatic heterocycles. The minimum absolute atomic E-state index is 0.828. The Balaban J connectivity index is 1.68. The molecular formula is C13H11ClN2OS. The Bertz CT molecular complexity index is 662. The number of thiophene rings is 1. The van der Waals surface area contributed by atoms with E-state index in [1.54, 1.807) is 23.8 Å². The predicted molar refractivity (Wildman–Crippen MR) is 75.5 cm³/mol. The third-order valence-electron chi connectivity index (χ3n) is 2.67. The zero-order valence-corrected chi connectivity index (χ0v) is 11.1. The molecule has 18 heavy (non-hydrogen) atoms. The van der Waals surface area contributed by atoms with E-state index in [0.29, 0.717) is 0 Å². The number of halogens is 1. The lowest BCUT2D eigenvalue weighted by molar-refractivity contribution is 0.615. The lowest BCUT2D eigenvalue weighted by Gasteiger charge is -2.04. The highest BCUT2D eigenvalue weighted by Crippen LogP contribution is 2.23. The highest BCUT2D eigenvalue weighted by Gasteiger charge is 2.04. The van der Waals surface area contributed by atoms with Gasteiger partial charge in [0, 0.05) is 17.6 Å². The van der Waals surface area contributed by atoms with Crippen molar-refractivity contribution in [1.82, 2.24) is 4.98 Å². The molecule has 92 valence electrons. The second kappa shape index (κ2) is 5.00. The fourth-order valence-electron chi connectivity index (χ4n) is 1.83. The zero-order valence-electron chi connectivity index (χ0n) is 9.52. The Morgan fingerprint density at radius 3 is 3.06 bits per heavy atom. The van der Waals surface area contributed by atoms with Gasteiger partial charge in [-0.1, -0.05) is 11.6 Å². The third kappa shape index (κ3) is 2.35. The summed E-state index contributed by atoms with van der Waals surface area (Å²) >= 11 is 7.51. The molecule has 0 bridgehead atoms. The van der Waals surface area contributed by atoms with E-state index in [4.69, 9.17) is 16.0 Å². The summed E-state index contributed by atoms with van der Waals surface area (Å²) in [7, 11) is 0. The van der Waals surface area contributed by atoms with E-state index in [2.05, 4.69) is 16.4 Å². The highest BCUT2D eigenvalue weighted by atomic mass is 35.5. The molecule has 0 fully saturated rings. The van der Waals surface area contributed by atoms with Crippen LogP contribution in [0.15, 0.2) is 41.1 Å². The van der Waals surface area contributed by atoms with Crippen LogP contribution >= 0.6 is 22.9 Å². The van der Waals surface area contributed by atoms with Gasteiger partial charge >= 0.3 is 0 Å². The van der Waals surface area contributed by atoms with Crippen LogP contribution in [0, 0.1) is 0 Å². The standard InChI is InChI=1S/C13H11ClN2OS/c14-12-2-1-9(18-12)3-6-15-13-10-5-8-17-11(10)4-7-16-13/h1-2,4-5,7-8H,3,6H2,(H,15,16). The maximum Gasteiger partial charge on any atom is 0.139 e. The zero-order chi connectivity index (χ0) is 12.4. The van der Waals surface area contributed by atoms with Crippen molar-refractivity contribution < 1.29 is 4.42 Å². The molecule has 1 N–H and O–H groups in total. The number of hydrogen-bond acceptors (Lipinski definition) is 4. The van der Waals surface area contributed by atoms with Gasteiger partial charge in [0.1, 0.15) is 11.4 Å². The summed E-state index contributed by atoms with van der Waals surface area (Å²) in [5, 5.41) is 4.34. The van der Waals surface area contributed by atoms with Crippen LogP contribution in [0.4, 0.5) is 5.82 Å². The maximum atomic E-state index is 5.89. The molecule has 3 heterocycles. The van der Waals surface area contributed by atoms with E-state index in [9.17, 15) is 0 Å². The van der Waals surface area contributed by atoms with Crippen LogP contribution in [0.1, 0.15) is 4.88 Å². The number of nitrogens with zero attached hydrogens (tertiary/aromatic N) is 1. The first-order valence-electron chi connectivity index (χ1n) is 5.63. The van der Waals surface area contributed by atoms with Crippen molar-refractivity contribution in [2.45, 2.75) is 6.42 Å². The van der Waals surface area contributed by atoms with Gasteiger partial charge in [-0.3, -0.25) is 0 Å². The summed E-state index contributed by atoms with van der Waals surface area (Å²) in [5.74, 6) is 0.865. The number of hydrogen-bond donors (Lipinski definition) is 1. The Hall–Kier alpha value is -1.52. The average Bonchev–Trinajstić information content (AvgIpc) is 2.98. The number of aromatic nitrogens is 1. The van der Waals surface area contributed by atoms with Gasteiger partial charge in [0.05, 0.1) is 16.0 Å². The molecule has 0 unspecified atom stereocenters. The molecule has 0 atom stereocenters. The van der Waals surface area contributed by atoms with Gasteiger partial charge in [0.25, 0.3) is 0 Å². The van der Waals surface area contributed by atoms with Crippen molar-refractivity contribution in [2.75, 3.05) is 11.9 Å². The number of furan rings is 1. The van der Waals surface area contributed by atoms with E-state index in [1.807, 2.05) is 18.2 Å². The summed E-state index contributed by atoms with van der Waals surface area (Å²) in [6.07, 6.45) is 4.36. The van der Waals surface area contributed by atoms with Crippen molar-refractivity contribution in [3.05, 3.63) is 45.9 Å². The SMILES string of the molecule is Clc1ccc(CCNc2nccc3occc23)s1. The number of fused-ring (bicyclic) bond motifs is 1. The van der Waals surface area contributed by atoms with Gasteiger partial charge in [0.15, 0.2) is 0 Å².